The molecular formula is C21H15Cl2N3O2S. The minimum atomic E-state index is -4.00. The quantitative estimate of drug-likeness (QED) is 0.317. The first-order valence-electron chi connectivity index (χ1n) is 8.66. The van der Waals surface area contributed by atoms with Crippen molar-refractivity contribution in [1.82, 2.24) is 9.55 Å². The van der Waals surface area contributed by atoms with Crippen molar-refractivity contribution in [2.45, 2.75) is 11.8 Å². The van der Waals surface area contributed by atoms with Crippen molar-refractivity contribution in [2.75, 3.05) is 0 Å². The van der Waals surface area contributed by atoms with Gasteiger partial charge in [-0.05, 0) is 67.6 Å². The number of nitrogens with zero attached hydrogens (tertiary/aromatic N) is 3. The lowest BCUT2D eigenvalue weighted by atomic mass is 10.2. The van der Waals surface area contributed by atoms with Crippen LogP contribution in [-0.2, 0) is 10.0 Å². The van der Waals surface area contributed by atoms with Crippen LogP contribution in [0, 0.1) is 6.92 Å². The Bertz CT molecular complexity index is 1330. The lowest BCUT2D eigenvalue weighted by molar-refractivity contribution is 0.598. The molecule has 0 bridgehead atoms. The highest BCUT2D eigenvalue weighted by Gasteiger charge is 2.20. The number of sulfonamides is 1. The second-order valence-corrected chi connectivity index (χ2v) is 8.81. The number of para-hydroxylation sites is 2. The van der Waals surface area contributed by atoms with E-state index < -0.39 is 10.0 Å². The summed E-state index contributed by atoms with van der Waals surface area (Å²) in [7, 11) is -4.00. The number of fused-ring (bicyclic) bond motifs is 1. The molecule has 0 aliphatic carbocycles. The molecule has 0 unspecified atom stereocenters. The number of hydrogen-bond donors (Lipinski definition) is 0. The molecule has 1 heterocycles. The first-order valence-corrected chi connectivity index (χ1v) is 10.9. The highest BCUT2D eigenvalue weighted by atomic mass is 35.5. The summed E-state index contributed by atoms with van der Waals surface area (Å²) in [5.74, 6) is 0.856. The highest BCUT2D eigenvalue weighted by Crippen LogP contribution is 2.22. The van der Waals surface area contributed by atoms with Crippen LogP contribution in [0.2, 0.25) is 10.0 Å². The Hall–Kier alpha value is -2.67. The molecule has 5 nitrogen and oxygen atoms in total. The number of imidazole rings is 1. The summed E-state index contributed by atoms with van der Waals surface area (Å²) in [5, 5.41) is 0.989. The number of halogens is 2. The molecule has 0 saturated heterocycles. The second kappa shape index (κ2) is 7.63. The SMILES string of the molecule is Cc1nc2ccccc2n1/C(=N/S(=O)(=O)c1ccc(Cl)cc1)c1ccc(Cl)cc1. The fraction of sp³-hybridized carbons (Fsp3) is 0.0476. The molecular weight excluding hydrogens is 429 g/mol. The summed E-state index contributed by atoms with van der Waals surface area (Å²) < 4.78 is 32.0. The van der Waals surface area contributed by atoms with E-state index in [0.29, 0.717) is 21.4 Å². The van der Waals surface area contributed by atoms with E-state index in [2.05, 4.69) is 9.38 Å². The summed E-state index contributed by atoms with van der Waals surface area (Å²) in [5.41, 5.74) is 2.10. The fourth-order valence-electron chi connectivity index (χ4n) is 3.01. The molecule has 0 atom stereocenters. The van der Waals surface area contributed by atoms with Gasteiger partial charge in [0.2, 0.25) is 0 Å². The molecule has 0 radical (unpaired) electrons. The van der Waals surface area contributed by atoms with Crippen LogP contribution < -0.4 is 0 Å². The topological polar surface area (TPSA) is 64.3 Å². The Labute approximate surface area is 178 Å². The van der Waals surface area contributed by atoms with Crippen LogP contribution in [0.4, 0.5) is 0 Å². The maximum Gasteiger partial charge on any atom is 0.284 e. The van der Waals surface area contributed by atoms with Gasteiger partial charge in [-0.2, -0.15) is 8.42 Å². The van der Waals surface area contributed by atoms with Crippen LogP contribution in [0.1, 0.15) is 11.4 Å². The zero-order valence-corrected chi connectivity index (χ0v) is 17.6. The van der Waals surface area contributed by atoms with Crippen LogP contribution in [0.15, 0.2) is 82.1 Å². The summed E-state index contributed by atoms with van der Waals surface area (Å²) in [6, 6.07) is 20.2. The smallest absolute Gasteiger partial charge is 0.279 e. The van der Waals surface area contributed by atoms with Gasteiger partial charge in [0, 0.05) is 15.6 Å². The summed E-state index contributed by atoms with van der Waals surface area (Å²) >= 11 is 11.9. The molecule has 0 amide bonds. The predicted molar refractivity (Wildman–Crippen MR) is 116 cm³/mol. The Kier molecular flexibility index (Phi) is 5.17. The minimum absolute atomic E-state index is 0.0513. The maximum absolute atomic E-state index is 13.0. The first kappa shape index (κ1) is 19.6. The molecule has 29 heavy (non-hydrogen) atoms. The molecule has 4 aromatic rings. The lowest BCUT2D eigenvalue weighted by Crippen LogP contribution is -2.17. The normalized spacial score (nSPS) is 12.4. The zero-order valence-electron chi connectivity index (χ0n) is 15.3. The molecule has 0 spiro atoms. The largest absolute Gasteiger partial charge is 0.284 e. The Morgan fingerprint density at radius 3 is 2.14 bits per heavy atom. The van der Waals surface area contributed by atoms with Crippen LogP contribution >= 0.6 is 23.2 Å². The predicted octanol–water partition coefficient (Wildman–Crippen LogP) is 5.34. The van der Waals surface area contributed by atoms with Crippen molar-refractivity contribution < 1.29 is 8.42 Å². The Morgan fingerprint density at radius 2 is 1.48 bits per heavy atom. The third kappa shape index (κ3) is 3.92. The Balaban J connectivity index is 1.98. The van der Waals surface area contributed by atoms with E-state index in [9.17, 15) is 8.42 Å². The van der Waals surface area contributed by atoms with E-state index in [1.54, 1.807) is 35.8 Å². The molecule has 4 rings (SSSR count). The van der Waals surface area contributed by atoms with Gasteiger partial charge in [-0.3, -0.25) is 4.57 Å². The third-order valence-electron chi connectivity index (χ3n) is 4.36. The molecule has 0 fully saturated rings. The monoisotopic (exact) mass is 443 g/mol. The van der Waals surface area contributed by atoms with E-state index in [1.807, 2.05) is 24.3 Å². The first-order chi connectivity index (χ1) is 13.8. The molecule has 0 aliphatic heterocycles. The zero-order chi connectivity index (χ0) is 20.6. The van der Waals surface area contributed by atoms with Crippen LogP contribution in [0.25, 0.3) is 11.0 Å². The Morgan fingerprint density at radius 1 is 0.897 bits per heavy atom. The molecule has 0 saturated carbocycles. The third-order valence-corrected chi connectivity index (χ3v) is 6.15. The van der Waals surface area contributed by atoms with Crippen LogP contribution in [0.3, 0.4) is 0 Å². The van der Waals surface area contributed by atoms with Gasteiger partial charge < -0.3 is 0 Å². The standard InChI is InChI=1S/C21H15Cl2N3O2S/c1-14-24-19-4-2-3-5-20(19)26(14)21(15-6-8-16(22)9-7-15)25-29(27,28)18-12-10-17(23)11-13-18/h2-13H,1H3/b25-21+. The van der Waals surface area contributed by atoms with Gasteiger partial charge in [0.25, 0.3) is 10.0 Å². The number of benzene rings is 3. The lowest BCUT2D eigenvalue weighted by Gasteiger charge is -2.12. The maximum atomic E-state index is 13.0. The minimum Gasteiger partial charge on any atom is -0.279 e. The molecule has 0 N–H and O–H groups in total. The van der Waals surface area contributed by atoms with Crippen molar-refractivity contribution in [2.24, 2.45) is 4.40 Å². The highest BCUT2D eigenvalue weighted by molar-refractivity contribution is 7.90. The summed E-state index contributed by atoms with van der Waals surface area (Å²) in [6.45, 7) is 1.81. The van der Waals surface area contributed by atoms with E-state index in [0.717, 1.165) is 11.0 Å². The van der Waals surface area contributed by atoms with E-state index in [4.69, 9.17) is 23.2 Å². The van der Waals surface area contributed by atoms with Crippen molar-refractivity contribution in [3.63, 3.8) is 0 Å². The number of aryl methyl sites for hydroxylation is 1. The summed E-state index contributed by atoms with van der Waals surface area (Å²) in [4.78, 5) is 4.59. The van der Waals surface area contributed by atoms with Gasteiger partial charge in [0.1, 0.15) is 5.82 Å². The van der Waals surface area contributed by atoms with Gasteiger partial charge in [-0.25, -0.2) is 4.98 Å². The van der Waals surface area contributed by atoms with Gasteiger partial charge in [0.05, 0.1) is 15.9 Å². The van der Waals surface area contributed by atoms with Gasteiger partial charge >= 0.3 is 0 Å². The molecule has 1 aromatic heterocycles. The fourth-order valence-corrected chi connectivity index (χ4v) is 4.26. The van der Waals surface area contributed by atoms with Crippen molar-refractivity contribution in [1.29, 1.82) is 0 Å². The van der Waals surface area contributed by atoms with Gasteiger partial charge in [0.15, 0.2) is 5.84 Å². The number of aromatic nitrogens is 2. The van der Waals surface area contributed by atoms with Gasteiger partial charge in [-0.15, -0.1) is 4.40 Å². The van der Waals surface area contributed by atoms with E-state index in [1.165, 1.54) is 24.3 Å². The number of hydrogen-bond acceptors (Lipinski definition) is 3. The van der Waals surface area contributed by atoms with Crippen molar-refractivity contribution in [3.8, 4) is 0 Å². The van der Waals surface area contributed by atoms with E-state index in [-0.39, 0.29) is 10.7 Å². The molecule has 0 aliphatic rings. The van der Waals surface area contributed by atoms with Gasteiger partial charge in [-0.1, -0.05) is 35.3 Å². The van der Waals surface area contributed by atoms with Crippen molar-refractivity contribution >= 4 is 50.1 Å². The average Bonchev–Trinajstić information content (AvgIpc) is 3.03. The molecule has 3 aromatic carbocycles. The summed E-state index contributed by atoms with van der Waals surface area (Å²) in [6.07, 6.45) is 0. The van der Waals surface area contributed by atoms with Crippen LogP contribution in [-0.4, -0.2) is 23.8 Å². The molecule has 146 valence electrons. The van der Waals surface area contributed by atoms with Crippen molar-refractivity contribution in [3.05, 3.63) is 94.2 Å². The molecule has 8 heteroatoms. The number of rotatable bonds is 3. The second-order valence-electron chi connectivity index (χ2n) is 6.33. The van der Waals surface area contributed by atoms with E-state index >= 15 is 0 Å². The van der Waals surface area contributed by atoms with Crippen LogP contribution in [0.5, 0.6) is 0 Å². The average molecular weight is 444 g/mol.